The maximum atomic E-state index is 11.4. The molecule has 0 bridgehead atoms. The molecule has 1 aliphatic rings. The van der Waals surface area contributed by atoms with Gasteiger partial charge in [-0.1, -0.05) is 0 Å². The summed E-state index contributed by atoms with van der Waals surface area (Å²) >= 11 is 0. The van der Waals surface area contributed by atoms with Crippen LogP contribution in [0.25, 0.3) is 0 Å². The summed E-state index contributed by atoms with van der Waals surface area (Å²) in [6.45, 7) is 4.33. The van der Waals surface area contributed by atoms with Crippen molar-refractivity contribution in [1.29, 1.82) is 0 Å². The topological polar surface area (TPSA) is 98.8 Å². The third-order valence-electron chi connectivity index (χ3n) is 1.71. The van der Waals surface area contributed by atoms with Crippen LogP contribution in [0.4, 0.5) is 0 Å². The first-order valence-corrected chi connectivity index (χ1v) is 4.56. The lowest BCUT2D eigenvalue weighted by atomic mass is 10.1. The zero-order valence-corrected chi connectivity index (χ0v) is 9.23. The molecule has 16 heavy (non-hydrogen) atoms. The minimum Gasteiger partial charge on any atom is -0.507 e. The molecule has 0 aliphatic carbocycles. The van der Waals surface area contributed by atoms with Crippen LogP contribution >= 0.6 is 0 Å². The van der Waals surface area contributed by atoms with Gasteiger partial charge in [-0.25, -0.2) is 9.59 Å². The number of cyclic esters (lactones) is 2. The van der Waals surface area contributed by atoms with E-state index < -0.39 is 29.1 Å². The molecule has 0 saturated carbocycles. The zero-order valence-electron chi connectivity index (χ0n) is 9.23. The number of hydrogen-bond donors (Lipinski definition) is 2. The lowest BCUT2D eigenvalue weighted by Gasteiger charge is -2.29. The Bertz CT molecular complexity index is 379. The molecule has 0 amide bonds. The number of nitrogens with two attached hydrogens (primary N) is 1. The second-order valence-corrected chi connectivity index (χ2v) is 3.83. The van der Waals surface area contributed by atoms with E-state index in [4.69, 9.17) is 15.2 Å². The number of allylic oxidation sites excluding steroid dienone is 2. The van der Waals surface area contributed by atoms with Crippen molar-refractivity contribution in [1.82, 2.24) is 0 Å². The number of hydrogen-bond acceptors (Lipinski definition) is 6. The normalized spacial score (nSPS) is 20.2. The number of esters is 2. The van der Waals surface area contributed by atoms with E-state index in [1.807, 2.05) is 0 Å². The minimum absolute atomic E-state index is 0.246. The van der Waals surface area contributed by atoms with Gasteiger partial charge in [0.15, 0.2) is 5.57 Å². The van der Waals surface area contributed by atoms with Gasteiger partial charge < -0.3 is 20.3 Å². The molecule has 3 N–H and O–H groups in total. The Morgan fingerprint density at radius 2 is 1.75 bits per heavy atom. The van der Waals surface area contributed by atoms with E-state index in [2.05, 4.69) is 0 Å². The van der Waals surface area contributed by atoms with E-state index in [-0.39, 0.29) is 5.70 Å². The molecular formula is C10H13NO5. The lowest BCUT2D eigenvalue weighted by Crippen LogP contribution is -2.42. The highest BCUT2D eigenvalue weighted by Gasteiger charge is 2.40. The standard InChI is InChI=1S/C10H13NO5/c1-5(11)4-6(12)7-8(13)15-10(2,3)16-9(7)14/h4,12H,11H2,1-3H3/b5-4-. The fourth-order valence-electron chi connectivity index (χ4n) is 1.15. The molecule has 6 nitrogen and oxygen atoms in total. The average Bonchev–Trinajstić information content (AvgIpc) is 1.96. The van der Waals surface area contributed by atoms with E-state index in [1.54, 1.807) is 0 Å². The summed E-state index contributed by atoms with van der Waals surface area (Å²) in [5.41, 5.74) is 5.00. The molecule has 0 spiro atoms. The summed E-state index contributed by atoms with van der Waals surface area (Å²) in [6, 6.07) is 0. The van der Waals surface area contributed by atoms with Gasteiger partial charge in [0, 0.05) is 19.5 Å². The van der Waals surface area contributed by atoms with Gasteiger partial charge in [-0.05, 0) is 13.0 Å². The predicted molar refractivity (Wildman–Crippen MR) is 53.9 cm³/mol. The van der Waals surface area contributed by atoms with Gasteiger partial charge in [-0.15, -0.1) is 0 Å². The quantitative estimate of drug-likeness (QED) is 0.293. The molecular weight excluding hydrogens is 214 g/mol. The Labute approximate surface area is 92.3 Å². The number of ether oxygens (including phenoxy) is 2. The molecule has 1 fully saturated rings. The summed E-state index contributed by atoms with van der Waals surface area (Å²) in [7, 11) is 0. The zero-order chi connectivity index (χ0) is 12.5. The first-order valence-electron chi connectivity index (χ1n) is 4.56. The van der Waals surface area contributed by atoms with Crippen molar-refractivity contribution in [3.63, 3.8) is 0 Å². The van der Waals surface area contributed by atoms with Gasteiger partial charge in [-0.3, -0.25) is 0 Å². The Kier molecular flexibility index (Phi) is 2.93. The monoisotopic (exact) mass is 227 g/mol. The van der Waals surface area contributed by atoms with Crippen molar-refractivity contribution in [3.05, 3.63) is 23.1 Å². The summed E-state index contributed by atoms with van der Waals surface area (Å²) in [4.78, 5) is 22.9. The fraction of sp³-hybridized carbons (Fsp3) is 0.400. The molecule has 6 heteroatoms. The van der Waals surface area contributed by atoms with Crippen LogP contribution in [0.15, 0.2) is 23.1 Å². The molecule has 0 aromatic heterocycles. The SMILES string of the molecule is C/C(N)=C/C(O)=C1C(=O)OC(C)(C)OC1=O. The fourth-order valence-corrected chi connectivity index (χ4v) is 1.15. The highest BCUT2D eigenvalue weighted by Crippen LogP contribution is 2.24. The maximum absolute atomic E-state index is 11.4. The first kappa shape index (κ1) is 12.1. The summed E-state index contributed by atoms with van der Waals surface area (Å²) in [6.07, 6.45) is 1.08. The van der Waals surface area contributed by atoms with Gasteiger partial charge in [-0.2, -0.15) is 0 Å². The van der Waals surface area contributed by atoms with Crippen molar-refractivity contribution < 1.29 is 24.2 Å². The number of rotatable bonds is 1. The Morgan fingerprint density at radius 3 is 2.12 bits per heavy atom. The second-order valence-electron chi connectivity index (χ2n) is 3.83. The van der Waals surface area contributed by atoms with Crippen LogP contribution in [0, 0.1) is 0 Å². The van der Waals surface area contributed by atoms with E-state index >= 15 is 0 Å². The van der Waals surface area contributed by atoms with Crippen LogP contribution in [-0.4, -0.2) is 22.8 Å². The predicted octanol–water partition coefficient (Wildman–Crippen LogP) is 0.497. The van der Waals surface area contributed by atoms with Gasteiger partial charge >= 0.3 is 11.9 Å². The molecule has 0 unspecified atom stereocenters. The number of aliphatic hydroxyl groups excluding tert-OH is 1. The van der Waals surface area contributed by atoms with Crippen LogP contribution in [0.2, 0.25) is 0 Å². The lowest BCUT2D eigenvalue weighted by molar-refractivity contribution is -0.222. The van der Waals surface area contributed by atoms with Crippen molar-refractivity contribution in [3.8, 4) is 0 Å². The van der Waals surface area contributed by atoms with Crippen molar-refractivity contribution in [2.24, 2.45) is 5.73 Å². The maximum Gasteiger partial charge on any atom is 0.352 e. The molecule has 0 radical (unpaired) electrons. The minimum atomic E-state index is -1.32. The second kappa shape index (κ2) is 3.88. The first-order chi connectivity index (χ1) is 7.23. The van der Waals surface area contributed by atoms with Crippen molar-refractivity contribution in [2.45, 2.75) is 26.6 Å². The van der Waals surface area contributed by atoms with Gasteiger partial charge in [0.1, 0.15) is 5.76 Å². The summed E-state index contributed by atoms with van der Waals surface area (Å²) in [5, 5.41) is 9.48. The Balaban J connectivity index is 3.13. The van der Waals surface area contributed by atoms with Crippen LogP contribution in [0.5, 0.6) is 0 Å². The third-order valence-corrected chi connectivity index (χ3v) is 1.71. The Morgan fingerprint density at radius 1 is 1.31 bits per heavy atom. The van der Waals surface area contributed by atoms with E-state index in [1.165, 1.54) is 20.8 Å². The molecule has 0 aromatic carbocycles. The largest absolute Gasteiger partial charge is 0.507 e. The van der Waals surface area contributed by atoms with Crippen LogP contribution in [0.3, 0.4) is 0 Å². The number of carbonyl (C=O) groups is 2. The highest BCUT2D eigenvalue weighted by atomic mass is 16.7. The molecule has 88 valence electrons. The van der Waals surface area contributed by atoms with Crippen LogP contribution in [0.1, 0.15) is 20.8 Å². The smallest absolute Gasteiger partial charge is 0.352 e. The van der Waals surface area contributed by atoms with Crippen LogP contribution < -0.4 is 5.73 Å². The van der Waals surface area contributed by atoms with Gasteiger partial charge in [0.2, 0.25) is 0 Å². The van der Waals surface area contributed by atoms with E-state index in [0.717, 1.165) is 6.08 Å². The van der Waals surface area contributed by atoms with Crippen molar-refractivity contribution >= 4 is 11.9 Å². The van der Waals surface area contributed by atoms with E-state index in [9.17, 15) is 14.7 Å². The molecule has 0 aromatic rings. The Hall–Kier alpha value is -1.98. The molecule has 1 saturated heterocycles. The molecule has 0 atom stereocenters. The molecule has 1 heterocycles. The summed E-state index contributed by atoms with van der Waals surface area (Å²) in [5.74, 6) is -3.75. The van der Waals surface area contributed by atoms with Crippen LogP contribution in [-0.2, 0) is 19.1 Å². The van der Waals surface area contributed by atoms with Gasteiger partial charge in [0.25, 0.3) is 5.79 Å². The molecule has 1 aliphatic heterocycles. The van der Waals surface area contributed by atoms with E-state index in [0.29, 0.717) is 0 Å². The average molecular weight is 227 g/mol. The highest BCUT2D eigenvalue weighted by molar-refractivity contribution is 6.16. The van der Waals surface area contributed by atoms with Crippen molar-refractivity contribution in [2.75, 3.05) is 0 Å². The molecule has 1 rings (SSSR count). The van der Waals surface area contributed by atoms with Gasteiger partial charge in [0.05, 0.1) is 0 Å². The summed E-state index contributed by atoms with van der Waals surface area (Å²) < 4.78 is 9.58. The number of carbonyl (C=O) groups excluding carboxylic acids is 2. The number of aliphatic hydroxyl groups is 1. The third kappa shape index (κ3) is 2.53.